The van der Waals surface area contributed by atoms with Crippen molar-refractivity contribution < 1.29 is 0 Å². The molecule has 0 saturated heterocycles. The van der Waals surface area contributed by atoms with Gasteiger partial charge in [0.05, 0.1) is 10.6 Å². The van der Waals surface area contributed by atoms with Gasteiger partial charge in [-0.15, -0.1) is 22.9 Å². The SMILES string of the molecule is N#Cc1csc2c(CCl)ccc(Cl)c12. The minimum absolute atomic E-state index is 0.444. The van der Waals surface area contributed by atoms with Gasteiger partial charge in [0.1, 0.15) is 6.07 Å². The van der Waals surface area contributed by atoms with Gasteiger partial charge in [0.15, 0.2) is 0 Å². The Morgan fingerprint density at radius 2 is 2.21 bits per heavy atom. The maximum absolute atomic E-state index is 8.88. The summed E-state index contributed by atoms with van der Waals surface area (Å²) in [7, 11) is 0. The summed E-state index contributed by atoms with van der Waals surface area (Å²) in [6, 6.07) is 5.81. The summed E-state index contributed by atoms with van der Waals surface area (Å²) in [6.07, 6.45) is 0. The van der Waals surface area contributed by atoms with Gasteiger partial charge in [-0.1, -0.05) is 17.7 Å². The molecule has 0 aliphatic rings. The highest BCUT2D eigenvalue weighted by molar-refractivity contribution is 7.17. The second-order valence-electron chi connectivity index (χ2n) is 2.81. The molecule has 2 aromatic rings. The van der Waals surface area contributed by atoms with Gasteiger partial charge in [0.2, 0.25) is 0 Å². The molecule has 0 fully saturated rings. The molecule has 2 rings (SSSR count). The van der Waals surface area contributed by atoms with E-state index < -0.39 is 0 Å². The second-order valence-corrected chi connectivity index (χ2v) is 4.36. The number of hydrogen-bond donors (Lipinski definition) is 0. The van der Waals surface area contributed by atoms with Gasteiger partial charge in [-0.3, -0.25) is 0 Å². The van der Waals surface area contributed by atoms with Crippen LogP contribution in [0.4, 0.5) is 0 Å². The van der Waals surface area contributed by atoms with Crippen molar-refractivity contribution in [2.75, 3.05) is 0 Å². The van der Waals surface area contributed by atoms with Gasteiger partial charge in [-0.2, -0.15) is 5.26 Å². The van der Waals surface area contributed by atoms with Gasteiger partial charge in [-0.05, 0) is 11.6 Å². The first kappa shape index (κ1) is 9.79. The molecule has 4 heteroatoms. The lowest BCUT2D eigenvalue weighted by Gasteiger charge is -1.99. The first-order valence-corrected chi connectivity index (χ1v) is 5.71. The lowest BCUT2D eigenvalue weighted by atomic mass is 10.1. The summed E-state index contributed by atoms with van der Waals surface area (Å²) in [5.74, 6) is 0.444. The van der Waals surface area contributed by atoms with Crippen molar-refractivity contribution in [3.05, 3.63) is 33.7 Å². The molecule has 1 heterocycles. The first-order chi connectivity index (χ1) is 6.77. The van der Waals surface area contributed by atoms with Crippen LogP contribution in [0.2, 0.25) is 5.02 Å². The van der Waals surface area contributed by atoms with Crippen molar-refractivity contribution in [3.63, 3.8) is 0 Å². The number of fused-ring (bicyclic) bond motifs is 1. The zero-order chi connectivity index (χ0) is 10.1. The van der Waals surface area contributed by atoms with Crippen molar-refractivity contribution in [3.8, 4) is 6.07 Å². The van der Waals surface area contributed by atoms with E-state index >= 15 is 0 Å². The molecule has 0 atom stereocenters. The molecule has 0 spiro atoms. The normalized spacial score (nSPS) is 10.4. The Hall–Kier alpha value is -0.750. The highest BCUT2D eigenvalue weighted by Gasteiger charge is 2.10. The van der Waals surface area contributed by atoms with Crippen LogP contribution in [-0.2, 0) is 5.88 Å². The zero-order valence-corrected chi connectivity index (χ0v) is 9.38. The van der Waals surface area contributed by atoms with Crippen LogP contribution in [0.1, 0.15) is 11.1 Å². The summed E-state index contributed by atoms with van der Waals surface area (Å²) >= 11 is 13.3. The van der Waals surface area contributed by atoms with Gasteiger partial charge in [0.25, 0.3) is 0 Å². The Balaban J connectivity index is 2.89. The monoisotopic (exact) mass is 241 g/mol. The average molecular weight is 242 g/mol. The molecule has 14 heavy (non-hydrogen) atoms. The Morgan fingerprint density at radius 3 is 2.86 bits per heavy atom. The topological polar surface area (TPSA) is 23.8 Å². The molecular formula is C10H5Cl2NS. The van der Waals surface area contributed by atoms with Crippen molar-refractivity contribution in [1.29, 1.82) is 5.26 Å². The average Bonchev–Trinajstić information content (AvgIpc) is 2.63. The number of halogens is 2. The third kappa shape index (κ3) is 1.38. The number of thiophene rings is 1. The standard InChI is InChI=1S/C10H5Cl2NS/c11-3-6-1-2-8(12)9-7(4-13)5-14-10(6)9/h1-2,5H,3H2. The van der Waals surface area contributed by atoms with E-state index in [0.717, 1.165) is 15.6 Å². The van der Waals surface area contributed by atoms with Crippen molar-refractivity contribution >= 4 is 44.6 Å². The van der Waals surface area contributed by atoms with E-state index in [-0.39, 0.29) is 0 Å². The minimum Gasteiger partial charge on any atom is -0.192 e. The van der Waals surface area contributed by atoms with Crippen molar-refractivity contribution in [2.24, 2.45) is 0 Å². The predicted octanol–water partition coefficient (Wildman–Crippen LogP) is 4.17. The Bertz CT molecular complexity index is 525. The molecule has 0 radical (unpaired) electrons. The molecule has 0 amide bonds. The molecule has 0 aliphatic carbocycles. The maximum atomic E-state index is 8.88. The molecule has 70 valence electrons. The van der Waals surface area contributed by atoms with Crippen LogP contribution in [0.15, 0.2) is 17.5 Å². The Kier molecular flexibility index (Phi) is 2.64. The smallest absolute Gasteiger partial charge is 0.101 e. The molecule has 0 aliphatic heterocycles. The van der Waals surface area contributed by atoms with Crippen LogP contribution in [0.3, 0.4) is 0 Å². The molecule has 0 bridgehead atoms. The van der Waals surface area contributed by atoms with Crippen LogP contribution in [0.25, 0.3) is 10.1 Å². The number of alkyl halides is 1. The van der Waals surface area contributed by atoms with E-state index in [9.17, 15) is 0 Å². The van der Waals surface area contributed by atoms with Gasteiger partial charge in [0, 0.05) is 21.3 Å². The van der Waals surface area contributed by atoms with E-state index in [2.05, 4.69) is 6.07 Å². The molecular weight excluding hydrogens is 237 g/mol. The van der Waals surface area contributed by atoms with E-state index in [1.807, 2.05) is 11.4 Å². The van der Waals surface area contributed by atoms with E-state index in [1.54, 1.807) is 6.07 Å². The maximum Gasteiger partial charge on any atom is 0.101 e. The fraction of sp³-hybridized carbons (Fsp3) is 0.100. The number of hydrogen-bond acceptors (Lipinski definition) is 2. The first-order valence-electron chi connectivity index (χ1n) is 3.92. The number of nitrogens with zero attached hydrogens (tertiary/aromatic N) is 1. The van der Waals surface area contributed by atoms with Gasteiger partial charge in [-0.25, -0.2) is 0 Å². The zero-order valence-electron chi connectivity index (χ0n) is 7.05. The fourth-order valence-electron chi connectivity index (χ4n) is 1.35. The molecule has 0 saturated carbocycles. The number of benzene rings is 1. The summed E-state index contributed by atoms with van der Waals surface area (Å²) in [5, 5.41) is 12.1. The fourth-order valence-corrected chi connectivity index (χ4v) is 3.00. The van der Waals surface area contributed by atoms with E-state index in [0.29, 0.717) is 16.5 Å². The van der Waals surface area contributed by atoms with Gasteiger partial charge < -0.3 is 0 Å². The minimum atomic E-state index is 0.444. The highest BCUT2D eigenvalue weighted by Crippen LogP contribution is 2.34. The van der Waals surface area contributed by atoms with E-state index in [4.69, 9.17) is 28.5 Å². The van der Waals surface area contributed by atoms with Crippen molar-refractivity contribution in [1.82, 2.24) is 0 Å². The summed E-state index contributed by atoms with van der Waals surface area (Å²) < 4.78 is 1.02. The second kappa shape index (κ2) is 3.78. The van der Waals surface area contributed by atoms with Crippen LogP contribution in [-0.4, -0.2) is 0 Å². The summed E-state index contributed by atoms with van der Waals surface area (Å²) in [5.41, 5.74) is 1.65. The van der Waals surface area contributed by atoms with Crippen molar-refractivity contribution in [2.45, 2.75) is 5.88 Å². The number of rotatable bonds is 1. The van der Waals surface area contributed by atoms with Crippen LogP contribution in [0, 0.1) is 11.3 Å². The lowest BCUT2D eigenvalue weighted by molar-refractivity contribution is 1.47. The molecule has 1 aromatic heterocycles. The molecule has 1 nitrogen and oxygen atoms in total. The largest absolute Gasteiger partial charge is 0.192 e. The van der Waals surface area contributed by atoms with Crippen LogP contribution in [0.5, 0.6) is 0 Å². The number of nitriles is 1. The van der Waals surface area contributed by atoms with Gasteiger partial charge >= 0.3 is 0 Å². The van der Waals surface area contributed by atoms with E-state index in [1.165, 1.54) is 11.3 Å². The highest BCUT2D eigenvalue weighted by atomic mass is 35.5. The Labute approximate surface area is 95.5 Å². The molecule has 1 aromatic carbocycles. The third-order valence-corrected chi connectivity index (χ3v) is 3.68. The summed E-state index contributed by atoms with van der Waals surface area (Å²) in [4.78, 5) is 0. The predicted molar refractivity (Wildman–Crippen MR) is 61.1 cm³/mol. The van der Waals surface area contributed by atoms with Crippen LogP contribution >= 0.6 is 34.5 Å². The quantitative estimate of drug-likeness (QED) is 0.688. The molecule has 0 N–H and O–H groups in total. The molecule has 0 unspecified atom stereocenters. The lowest BCUT2D eigenvalue weighted by Crippen LogP contribution is -1.79. The Morgan fingerprint density at radius 1 is 1.43 bits per heavy atom. The summed E-state index contributed by atoms with van der Waals surface area (Å²) in [6.45, 7) is 0. The third-order valence-electron chi connectivity index (χ3n) is 2.02. The van der Waals surface area contributed by atoms with Crippen LogP contribution < -0.4 is 0 Å².